The summed E-state index contributed by atoms with van der Waals surface area (Å²) in [5, 5.41) is 26.3. The Hall–Kier alpha value is -1.59. The lowest BCUT2D eigenvalue weighted by molar-refractivity contribution is -0.146. The van der Waals surface area contributed by atoms with Crippen LogP contribution in [0.25, 0.3) is 0 Å². The highest BCUT2D eigenvalue weighted by atomic mass is 16.4. The summed E-state index contributed by atoms with van der Waals surface area (Å²) in [6.07, 6.45) is -1.33. The topological polar surface area (TPSA) is 109 Å². The predicted octanol–water partition coefficient (Wildman–Crippen LogP) is -0.445. The third-order valence-corrected chi connectivity index (χ3v) is 1.65. The van der Waals surface area contributed by atoms with Crippen LogP contribution in [0.3, 0.4) is 0 Å². The van der Waals surface area contributed by atoms with Crippen LogP contribution in [0.5, 0.6) is 5.75 Å². The van der Waals surface area contributed by atoms with Gasteiger partial charge in [0.1, 0.15) is 5.75 Å². The Balaban J connectivity index is 0.00000169. The molecule has 0 heterocycles. The zero-order valence-corrected chi connectivity index (χ0v) is 7.34. The fourth-order valence-electron chi connectivity index (χ4n) is 0.943. The predicted molar refractivity (Wildman–Crippen MR) is 49.1 cm³/mol. The molecule has 1 rings (SSSR count). The third kappa shape index (κ3) is 3.42. The van der Waals surface area contributed by atoms with Crippen molar-refractivity contribution < 1.29 is 25.6 Å². The molecule has 5 heteroatoms. The van der Waals surface area contributed by atoms with Crippen LogP contribution in [0, 0.1) is 0 Å². The van der Waals surface area contributed by atoms with Gasteiger partial charge in [-0.15, -0.1) is 0 Å². The van der Waals surface area contributed by atoms with Gasteiger partial charge in [0, 0.05) is 6.42 Å². The van der Waals surface area contributed by atoms with E-state index in [2.05, 4.69) is 0 Å². The lowest BCUT2D eigenvalue weighted by Crippen LogP contribution is -2.21. The summed E-state index contributed by atoms with van der Waals surface area (Å²) in [7, 11) is 0. The maximum Gasteiger partial charge on any atom is 0.332 e. The van der Waals surface area contributed by atoms with Crippen LogP contribution in [-0.2, 0) is 11.2 Å². The van der Waals surface area contributed by atoms with Gasteiger partial charge in [0.15, 0.2) is 6.10 Å². The summed E-state index contributed by atoms with van der Waals surface area (Å²) < 4.78 is 0. The number of aliphatic hydroxyl groups excluding tert-OH is 1. The molecule has 1 unspecified atom stereocenters. The van der Waals surface area contributed by atoms with Crippen LogP contribution in [0.4, 0.5) is 0 Å². The molecule has 0 bridgehead atoms. The quantitative estimate of drug-likeness (QED) is 0.614. The first-order valence-electron chi connectivity index (χ1n) is 3.78. The first-order valence-corrected chi connectivity index (χ1v) is 3.78. The van der Waals surface area contributed by atoms with Crippen molar-refractivity contribution in [2.45, 2.75) is 12.5 Å². The van der Waals surface area contributed by atoms with Gasteiger partial charge in [0.2, 0.25) is 0 Å². The minimum absolute atomic E-state index is 0. The van der Waals surface area contributed by atoms with Crippen molar-refractivity contribution in [1.82, 2.24) is 0 Å². The number of hydrogen-bond donors (Lipinski definition) is 3. The highest BCUT2D eigenvalue weighted by Crippen LogP contribution is 2.11. The zero-order chi connectivity index (χ0) is 9.84. The smallest absolute Gasteiger partial charge is 0.332 e. The molecule has 0 aromatic heterocycles. The molecular formula is C9H12O5. The second kappa shape index (κ2) is 5.21. The fourth-order valence-corrected chi connectivity index (χ4v) is 0.943. The van der Waals surface area contributed by atoms with Crippen LogP contribution < -0.4 is 0 Å². The van der Waals surface area contributed by atoms with Gasteiger partial charge < -0.3 is 20.8 Å². The Labute approximate surface area is 80.6 Å². The molecule has 0 saturated heterocycles. The van der Waals surface area contributed by atoms with Crippen LogP contribution >= 0.6 is 0 Å². The van der Waals surface area contributed by atoms with Gasteiger partial charge in [-0.25, -0.2) is 4.79 Å². The van der Waals surface area contributed by atoms with Crippen LogP contribution in [0.2, 0.25) is 0 Å². The van der Waals surface area contributed by atoms with Gasteiger partial charge in [-0.05, 0) is 17.7 Å². The molecule has 0 amide bonds. The minimum Gasteiger partial charge on any atom is -0.508 e. The highest BCUT2D eigenvalue weighted by molar-refractivity contribution is 5.72. The number of aliphatic hydroxyl groups is 1. The minimum atomic E-state index is -1.38. The number of aliphatic carboxylic acids is 1. The lowest BCUT2D eigenvalue weighted by Gasteiger charge is -2.04. The summed E-state index contributed by atoms with van der Waals surface area (Å²) in [6.45, 7) is 0. The standard InChI is InChI=1S/C9H10O4.H2O/c10-7-3-1-6(2-4-7)5-8(11)9(12)13;/h1-4,8,10-11H,5H2,(H,12,13);1H2. The number of benzene rings is 1. The molecule has 1 atom stereocenters. The molecule has 0 radical (unpaired) electrons. The Kier molecular flexibility index (Phi) is 4.62. The molecule has 1 aromatic carbocycles. The van der Waals surface area contributed by atoms with E-state index in [0.717, 1.165) is 0 Å². The first-order chi connectivity index (χ1) is 6.09. The summed E-state index contributed by atoms with van der Waals surface area (Å²) >= 11 is 0. The normalized spacial score (nSPS) is 11.5. The molecular weight excluding hydrogens is 188 g/mol. The van der Waals surface area contributed by atoms with Crippen molar-refractivity contribution in [2.24, 2.45) is 0 Å². The molecule has 0 spiro atoms. The van der Waals surface area contributed by atoms with E-state index < -0.39 is 12.1 Å². The Bertz CT molecular complexity index is 293. The molecule has 0 fully saturated rings. The Morgan fingerprint density at radius 3 is 2.21 bits per heavy atom. The van der Waals surface area contributed by atoms with Gasteiger partial charge in [-0.2, -0.15) is 0 Å². The van der Waals surface area contributed by atoms with E-state index in [4.69, 9.17) is 15.3 Å². The average molecular weight is 200 g/mol. The number of carbonyl (C=O) groups is 1. The summed E-state index contributed by atoms with van der Waals surface area (Å²) in [5.41, 5.74) is 0.674. The van der Waals surface area contributed by atoms with E-state index in [0.29, 0.717) is 5.56 Å². The highest BCUT2D eigenvalue weighted by Gasteiger charge is 2.13. The number of carboxylic acid groups (broad SMARTS) is 1. The number of hydrogen-bond acceptors (Lipinski definition) is 3. The molecule has 1 aromatic rings. The van der Waals surface area contributed by atoms with Gasteiger partial charge >= 0.3 is 5.97 Å². The van der Waals surface area contributed by atoms with E-state index in [-0.39, 0.29) is 17.6 Å². The van der Waals surface area contributed by atoms with E-state index in [1.54, 1.807) is 12.1 Å². The van der Waals surface area contributed by atoms with E-state index in [1.807, 2.05) is 0 Å². The average Bonchev–Trinajstić information content (AvgIpc) is 2.08. The Morgan fingerprint density at radius 1 is 1.29 bits per heavy atom. The van der Waals surface area contributed by atoms with Crippen LogP contribution in [0.15, 0.2) is 24.3 Å². The summed E-state index contributed by atoms with van der Waals surface area (Å²) in [4.78, 5) is 10.3. The van der Waals surface area contributed by atoms with E-state index >= 15 is 0 Å². The molecule has 0 aliphatic carbocycles. The van der Waals surface area contributed by atoms with Crippen molar-refractivity contribution in [3.8, 4) is 5.75 Å². The molecule has 0 saturated carbocycles. The lowest BCUT2D eigenvalue weighted by atomic mass is 10.1. The largest absolute Gasteiger partial charge is 0.508 e. The molecule has 0 aliphatic heterocycles. The second-order valence-corrected chi connectivity index (χ2v) is 2.72. The number of carboxylic acids is 1. The van der Waals surface area contributed by atoms with Crippen molar-refractivity contribution in [1.29, 1.82) is 0 Å². The number of phenolic OH excluding ortho intramolecular Hbond substituents is 1. The molecule has 14 heavy (non-hydrogen) atoms. The maximum absolute atomic E-state index is 10.3. The van der Waals surface area contributed by atoms with Gasteiger partial charge in [0.25, 0.3) is 0 Å². The second-order valence-electron chi connectivity index (χ2n) is 2.72. The summed E-state index contributed by atoms with van der Waals surface area (Å²) in [5.74, 6) is -1.12. The van der Waals surface area contributed by atoms with Crippen LogP contribution in [-0.4, -0.2) is 32.9 Å². The molecule has 0 aliphatic rings. The SMILES string of the molecule is O.O=C(O)C(O)Cc1ccc(O)cc1. The van der Waals surface area contributed by atoms with E-state index in [9.17, 15) is 4.79 Å². The van der Waals surface area contributed by atoms with Gasteiger partial charge in [-0.3, -0.25) is 0 Å². The van der Waals surface area contributed by atoms with Crippen molar-refractivity contribution in [3.05, 3.63) is 29.8 Å². The van der Waals surface area contributed by atoms with Gasteiger partial charge in [-0.1, -0.05) is 12.1 Å². The van der Waals surface area contributed by atoms with Crippen molar-refractivity contribution in [3.63, 3.8) is 0 Å². The van der Waals surface area contributed by atoms with Gasteiger partial charge in [0.05, 0.1) is 0 Å². The molecule has 5 nitrogen and oxygen atoms in total. The summed E-state index contributed by atoms with van der Waals surface area (Å²) in [6, 6.07) is 6.04. The fraction of sp³-hybridized carbons (Fsp3) is 0.222. The number of phenols is 1. The molecule has 5 N–H and O–H groups in total. The molecule has 78 valence electrons. The number of aromatic hydroxyl groups is 1. The Morgan fingerprint density at radius 2 is 1.79 bits per heavy atom. The van der Waals surface area contributed by atoms with Crippen LogP contribution in [0.1, 0.15) is 5.56 Å². The van der Waals surface area contributed by atoms with Crippen molar-refractivity contribution in [2.75, 3.05) is 0 Å². The van der Waals surface area contributed by atoms with E-state index in [1.165, 1.54) is 12.1 Å². The maximum atomic E-state index is 10.3. The third-order valence-electron chi connectivity index (χ3n) is 1.65. The number of rotatable bonds is 3. The zero-order valence-electron chi connectivity index (χ0n) is 7.34. The first kappa shape index (κ1) is 12.4. The van der Waals surface area contributed by atoms with Crippen molar-refractivity contribution >= 4 is 5.97 Å². The monoisotopic (exact) mass is 200 g/mol.